The third-order valence-electron chi connectivity index (χ3n) is 3.93. The lowest BCUT2D eigenvalue weighted by Crippen LogP contribution is -2.19. The second kappa shape index (κ2) is 6.63. The largest absolute Gasteiger partial charge is 0.496 e. The van der Waals surface area contributed by atoms with E-state index in [-0.39, 0.29) is 6.04 Å². The predicted molar refractivity (Wildman–Crippen MR) is 92.2 cm³/mol. The van der Waals surface area contributed by atoms with Crippen LogP contribution < -0.4 is 10.1 Å². The molecule has 2 rings (SSSR count). The molecule has 2 aromatic carbocycles. The first kappa shape index (κ1) is 16.1. The minimum atomic E-state index is 0.172. The van der Waals surface area contributed by atoms with Crippen molar-refractivity contribution in [3.8, 4) is 5.75 Å². The molecule has 21 heavy (non-hydrogen) atoms. The molecule has 0 saturated heterocycles. The number of halogens is 1. The Kier molecular flexibility index (Phi) is 5.07. The van der Waals surface area contributed by atoms with Gasteiger partial charge in [-0.2, -0.15) is 0 Å². The van der Waals surface area contributed by atoms with Gasteiger partial charge in [-0.1, -0.05) is 40.2 Å². The monoisotopic (exact) mass is 347 g/mol. The zero-order chi connectivity index (χ0) is 15.6. The number of rotatable bonds is 4. The highest BCUT2D eigenvalue weighted by Crippen LogP contribution is 2.32. The molecule has 2 nitrogen and oxygen atoms in total. The average molecular weight is 348 g/mol. The highest BCUT2D eigenvalue weighted by Gasteiger charge is 2.17. The van der Waals surface area contributed by atoms with Gasteiger partial charge >= 0.3 is 0 Å². The molecule has 0 bridgehead atoms. The van der Waals surface area contributed by atoms with Crippen LogP contribution in [0.25, 0.3) is 0 Å². The number of aryl methyl sites for hydroxylation is 2. The van der Waals surface area contributed by atoms with Crippen molar-refractivity contribution in [3.63, 3.8) is 0 Å². The molecule has 1 N–H and O–H groups in total. The third kappa shape index (κ3) is 3.14. The molecule has 0 amide bonds. The smallest absolute Gasteiger partial charge is 0.124 e. The summed E-state index contributed by atoms with van der Waals surface area (Å²) in [7, 11) is 3.73. The fraction of sp³-hybridized carbons (Fsp3) is 0.333. The van der Waals surface area contributed by atoms with Crippen molar-refractivity contribution < 1.29 is 4.74 Å². The molecule has 0 aliphatic heterocycles. The fourth-order valence-electron chi connectivity index (χ4n) is 2.91. The van der Waals surface area contributed by atoms with Crippen LogP contribution in [0, 0.1) is 20.8 Å². The average Bonchev–Trinajstić information content (AvgIpc) is 2.44. The van der Waals surface area contributed by atoms with Gasteiger partial charge in [-0.3, -0.25) is 0 Å². The van der Waals surface area contributed by atoms with Crippen LogP contribution in [-0.4, -0.2) is 14.2 Å². The number of nitrogens with one attached hydrogen (secondary N) is 1. The first-order valence-corrected chi connectivity index (χ1v) is 7.86. The zero-order valence-electron chi connectivity index (χ0n) is 13.3. The predicted octanol–water partition coefficient (Wildman–Crippen LogP) is 4.69. The Hall–Kier alpha value is -1.32. The summed E-state index contributed by atoms with van der Waals surface area (Å²) < 4.78 is 6.61. The van der Waals surface area contributed by atoms with Crippen LogP contribution in [0.2, 0.25) is 0 Å². The maximum atomic E-state index is 5.46. The minimum Gasteiger partial charge on any atom is -0.496 e. The molecule has 112 valence electrons. The van der Waals surface area contributed by atoms with Gasteiger partial charge in [0.25, 0.3) is 0 Å². The van der Waals surface area contributed by atoms with Crippen molar-refractivity contribution in [1.29, 1.82) is 0 Å². The third-order valence-corrected chi connectivity index (χ3v) is 4.79. The van der Waals surface area contributed by atoms with Gasteiger partial charge in [0.2, 0.25) is 0 Å². The second-order valence-corrected chi connectivity index (χ2v) is 6.22. The molecular formula is C18H22BrNO. The number of benzene rings is 2. The Balaban J connectivity index is 2.54. The van der Waals surface area contributed by atoms with Gasteiger partial charge in [-0.15, -0.1) is 0 Å². The van der Waals surface area contributed by atoms with Gasteiger partial charge in [0.1, 0.15) is 5.75 Å². The molecule has 2 aromatic rings. The van der Waals surface area contributed by atoms with Crippen molar-refractivity contribution >= 4 is 15.9 Å². The van der Waals surface area contributed by atoms with E-state index in [2.05, 4.69) is 72.3 Å². The van der Waals surface area contributed by atoms with Crippen LogP contribution in [0.3, 0.4) is 0 Å². The SMILES string of the molecule is CNC(c1cc(C)c(OC)c(C)c1)c1cccc(Br)c1C. The maximum Gasteiger partial charge on any atom is 0.124 e. The minimum absolute atomic E-state index is 0.172. The van der Waals surface area contributed by atoms with Crippen molar-refractivity contribution in [1.82, 2.24) is 5.32 Å². The molecule has 0 aliphatic rings. The summed E-state index contributed by atoms with van der Waals surface area (Å²) in [6.45, 7) is 6.33. The summed E-state index contributed by atoms with van der Waals surface area (Å²) in [4.78, 5) is 0. The Morgan fingerprint density at radius 1 is 1.10 bits per heavy atom. The van der Waals surface area contributed by atoms with E-state index in [0.717, 1.165) is 10.2 Å². The van der Waals surface area contributed by atoms with E-state index in [1.807, 2.05) is 7.05 Å². The quantitative estimate of drug-likeness (QED) is 0.865. The fourth-order valence-corrected chi connectivity index (χ4v) is 3.29. The van der Waals surface area contributed by atoms with Crippen molar-refractivity contribution in [2.45, 2.75) is 26.8 Å². The van der Waals surface area contributed by atoms with Crippen molar-refractivity contribution in [3.05, 3.63) is 62.6 Å². The molecule has 0 spiro atoms. The molecule has 1 atom stereocenters. The van der Waals surface area contributed by atoms with Gasteiger partial charge < -0.3 is 10.1 Å². The van der Waals surface area contributed by atoms with Crippen LogP contribution >= 0.6 is 15.9 Å². The standard InChI is InChI=1S/C18H22BrNO/c1-11-9-14(10-12(2)18(11)21-5)17(20-4)15-7-6-8-16(19)13(15)3/h6-10,17,20H,1-5H3. The summed E-state index contributed by atoms with van der Waals surface area (Å²) in [5, 5.41) is 3.43. The van der Waals surface area contributed by atoms with E-state index in [0.29, 0.717) is 0 Å². The summed E-state index contributed by atoms with van der Waals surface area (Å²) in [6, 6.07) is 10.9. The Bertz CT molecular complexity index is 629. The molecular weight excluding hydrogens is 326 g/mol. The van der Waals surface area contributed by atoms with Crippen LogP contribution in [0.5, 0.6) is 5.75 Å². The highest BCUT2D eigenvalue weighted by molar-refractivity contribution is 9.10. The maximum absolute atomic E-state index is 5.46. The second-order valence-electron chi connectivity index (χ2n) is 5.36. The van der Waals surface area contributed by atoms with Gasteiger partial charge in [0.15, 0.2) is 0 Å². The Labute approximate surface area is 135 Å². The van der Waals surface area contributed by atoms with Crippen molar-refractivity contribution in [2.24, 2.45) is 0 Å². The van der Waals surface area contributed by atoms with Crippen LogP contribution in [0.15, 0.2) is 34.8 Å². The number of methoxy groups -OCH3 is 1. The number of ether oxygens (including phenoxy) is 1. The first-order chi connectivity index (χ1) is 9.99. The van der Waals surface area contributed by atoms with Gasteiger partial charge in [-0.25, -0.2) is 0 Å². The number of hydrogen-bond donors (Lipinski definition) is 1. The van der Waals surface area contributed by atoms with Crippen LogP contribution in [0.1, 0.15) is 33.9 Å². The Morgan fingerprint density at radius 2 is 1.71 bits per heavy atom. The molecule has 1 unspecified atom stereocenters. The molecule has 0 saturated carbocycles. The van der Waals surface area contributed by atoms with Crippen LogP contribution in [-0.2, 0) is 0 Å². The zero-order valence-corrected chi connectivity index (χ0v) is 14.8. The molecule has 0 fully saturated rings. The van der Waals surface area contributed by atoms with E-state index in [9.17, 15) is 0 Å². The molecule has 0 aromatic heterocycles. The van der Waals surface area contributed by atoms with Crippen molar-refractivity contribution in [2.75, 3.05) is 14.2 Å². The van der Waals surface area contributed by atoms with Crippen LogP contribution in [0.4, 0.5) is 0 Å². The van der Waals surface area contributed by atoms with E-state index < -0.39 is 0 Å². The summed E-state index contributed by atoms with van der Waals surface area (Å²) in [6.07, 6.45) is 0. The summed E-state index contributed by atoms with van der Waals surface area (Å²) in [5.74, 6) is 0.972. The lowest BCUT2D eigenvalue weighted by atomic mass is 9.92. The Morgan fingerprint density at radius 3 is 2.24 bits per heavy atom. The summed E-state index contributed by atoms with van der Waals surface area (Å²) in [5.41, 5.74) is 6.15. The topological polar surface area (TPSA) is 21.3 Å². The lowest BCUT2D eigenvalue weighted by molar-refractivity contribution is 0.408. The van der Waals surface area contributed by atoms with E-state index in [1.165, 1.54) is 27.8 Å². The molecule has 0 aliphatic carbocycles. The molecule has 3 heteroatoms. The summed E-state index contributed by atoms with van der Waals surface area (Å²) >= 11 is 3.62. The van der Waals surface area contributed by atoms with Gasteiger partial charge in [-0.05, 0) is 61.7 Å². The van der Waals surface area contributed by atoms with Gasteiger partial charge in [0.05, 0.1) is 13.2 Å². The van der Waals surface area contributed by atoms with E-state index in [4.69, 9.17) is 4.74 Å². The highest BCUT2D eigenvalue weighted by atomic mass is 79.9. The van der Waals surface area contributed by atoms with Gasteiger partial charge in [0, 0.05) is 4.47 Å². The molecule has 0 radical (unpaired) electrons. The number of hydrogen-bond acceptors (Lipinski definition) is 2. The molecule has 0 heterocycles. The normalized spacial score (nSPS) is 12.3. The lowest BCUT2D eigenvalue weighted by Gasteiger charge is -2.22. The first-order valence-electron chi connectivity index (χ1n) is 7.07. The van der Waals surface area contributed by atoms with E-state index in [1.54, 1.807) is 7.11 Å². The van der Waals surface area contributed by atoms with E-state index >= 15 is 0 Å².